The normalized spacial score (nSPS) is 9.69. The predicted octanol–water partition coefficient (Wildman–Crippen LogP) is 1.42. The summed E-state index contributed by atoms with van der Waals surface area (Å²) >= 11 is 0. The van der Waals surface area contributed by atoms with Crippen molar-refractivity contribution in [3.05, 3.63) is 29.3 Å². The average molecular weight is 182 g/mol. The van der Waals surface area contributed by atoms with Crippen LogP contribution in [0.1, 0.15) is 15.9 Å². The summed E-state index contributed by atoms with van der Waals surface area (Å²) in [6, 6.07) is 4.66. The Hall–Kier alpha value is -1.55. The van der Waals surface area contributed by atoms with Crippen LogP contribution >= 0.6 is 0 Å². The first-order valence-electron chi connectivity index (χ1n) is 3.69. The van der Waals surface area contributed by atoms with Gasteiger partial charge in [-0.15, -0.1) is 0 Å². The molecular weight excluding hydrogens is 172 g/mol. The summed E-state index contributed by atoms with van der Waals surface area (Å²) in [7, 11) is 1.23. The molecule has 0 saturated heterocycles. The van der Waals surface area contributed by atoms with Gasteiger partial charge >= 0.3 is 5.97 Å². The minimum atomic E-state index is -0.708. The zero-order chi connectivity index (χ0) is 9.84. The third-order valence-corrected chi connectivity index (χ3v) is 1.53. The van der Waals surface area contributed by atoms with Crippen molar-refractivity contribution in [1.82, 2.24) is 0 Å². The minimum Gasteiger partial charge on any atom is -0.507 e. The van der Waals surface area contributed by atoms with E-state index in [2.05, 4.69) is 9.78 Å². The Morgan fingerprint density at radius 1 is 1.46 bits per heavy atom. The number of carbonyl (C=O) groups excluding carboxylic acids is 1. The van der Waals surface area contributed by atoms with Gasteiger partial charge in [0.05, 0.1) is 7.11 Å². The Kier molecular flexibility index (Phi) is 2.87. The second-order valence-electron chi connectivity index (χ2n) is 2.56. The molecule has 0 aliphatic heterocycles. The number of aromatic hydroxyl groups is 1. The van der Waals surface area contributed by atoms with Gasteiger partial charge in [0.25, 0.3) is 0 Å². The Labute approximate surface area is 75.6 Å². The van der Waals surface area contributed by atoms with Crippen LogP contribution in [0.2, 0.25) is 0 Å². The van der Waals surface area contributed by atoms with Gasteiger partial charge in [-0.3, -0.25) is 4.89 Å². The molecule has 0 spiro atoms. The molecule has 0 aliphatic rings. The minimum absolute atomic E-state index is 0.0902. The topological polar surface area (TPSA) is 55.8 Å². The number of benzene rings is 1. The van der Waals surface area contributed by atoms with Crippen LogP contribution in [0, 0.1) is 6.92 Å². The summed E-state index contributed by atoms with van der Waals surface area (Å²) in [5, 5.41) is 9.33. The van der Waals surface area contributed by atoms with E-state index in [9.17, 15) is 9.90 Å². The van der Waals surface area contributed by atoms with Gasteiger partial charge in [0.15, 0.2) is 0 Å². The van der Waals surface area contributed by atoms with Crippen molar-refractivity contribution in [2.24, 2.45) is 0 Å². The summed E-state index contributed by atoms with van der Waals surface area (Å²) in [5.41, 5.74) is 0.957. The smallest absolute Gasteiger partial charge is 0.376 e. The lowest BCUT2D eigenvalue weighted by Crippen LogP contribution is -2.04. The Bertz CT molecular complexity index is 319. The van der Waals surface area contributed by atoms with Crippen LogP contribution in [-0.2, 0) is 9.78 Å². The molecule has 0 atom stereocenters. The van der Waals surface area contributed by atoms with Gasteiger partial charge in [-0.1, -0.05) is 6.07 Å². The zero-order valence-corrected chi connectivity index (χ0v) is 7.40. The first-order valence-corrected chi connectivity index (χ1v) is 3.69. The molecule has 1 aromatic rings. The van der Waals surface area contributed by atoms with Crippen LogP contribution in [0.5, 0.6) is 5.75 Å². The molecule has 4 heteroatoms. The summed E-state index contributed by atoms with van der Waals surface area (Å²) < 4.78 is 0. The molecule has 0 aliphatic carbocycles. The van der Waals surface area contributed by atoms with Gasteiger partial charge in [0.1, 0.15) is 11.3 Å². The van der Waals surface area contributed by atoms with Gasteiger partial charge in [-0.2, -0.15) is 4.89 Å². The van der Waals surface area contributed by atoms with E-state index in [1.54, 1.807) is 6.07 Å². The maximum absolute atomic E-state index is 11.1. The molecule has 1 aromatic carbocycles. The highest BCUT2D eigenvalue weighted by atomic mass is 17.2. The summed E-state index contributed by atoms with van der Waals surface area (Å²) in [5.74, 6) is -0.818. The van der Waals surface area contributed by atoms with Crippen LogP contribution in [0.15, 0.2) is 18.2 Å². The van der Waals surface area contributed by atoms with Crippen LogP contribution in [-0.4, -0.2) is 18.2 Å². The molecule has 0 bridgehead atoms. The van der Waals surface area contributed by atoms with E-state index in [1.807, 2.05) is 6.92 Å². The van der Waals surface area contributed by atoms with E-state index in [1.165, 1.54) is 19.2 Å². The van der Waals surface area contributed by atoms with E-state index >= 15 is 0 Å². The van der Waals surface area contributed by atoms with Crippen LogP contribution in [0.25, 0.3) is 0 Å². The summed E-state index contributed by atoms with van der Waals surface area (Å²) in [4.78, 5) is 19.5. The van der Waals surface area contributed by atoms with E-state index in [0.29, 0.717) is 0 Å². The van der Waals surface area contributed by atoms with Crippen molar-refractivity contribution in [2.75, 3.05) is 7.11 Å². The molecule has 1 N–H and O–H groups in total. The molecule has 0 radical (unpaired) electrons. The number of hydrogen-bond acceptors (Lipinski definition) is 4. The van der Waals surface area contributed by atoms with E-state index in [-0.39, 0.29) is 11.3 Å². The molecule has 0 aromatic heterocycles. The Morgan fingerprint density at radius 3 is 2.69 bits per heavy atom. The molecule has 70 valence electrons. The molecule has 0 unspecified atom stereocenters. The highest BCUT2D eigenvalue weighted by Gasteiger charge is 2.12. The summed E-state index contributed by atoms with van der Waals surface area (Å²) in [6.07, 6.45) is 0. The number of phenols is 1. The largest absolute Gasteiger partial charge is 0.507 e. The Balaban J connectivity index is 2.95. The predicted molar refractivity (Wildman–Crippen MR) is 45.3 cm³/mol. The average Bonchev–Trinajstić information content (AvgIpc) is 2.04. The SMILES string of the molecule is COOC(=O)c1ccc(C)cc1O. The van der Waals surface area contributed by atoms with E-state index in [4.69, 9.17) is 0 Å². The van der Waals surface area contributed by atoms with Crippen LogP contribution in [0.3, 0.4) is 0 Å². The fourth-order valence-corrected chi connectivity index (χ4v) is 0.935. The fourth-order valence-electron chi connectivity index (χ4n) is 0.935. The van der Waals surface area contributed by atoms with Crippen molar-refractivity contribution in [2.45, 2.75) is 6.92 Å². The number of aryl methyl sites for hydroxylation is 1. The van der Waals surface area contributed by atoms with E-state index in [0.717, 1.165) is 5.56 Å². The highest BCUT2D eigenvalue weighted by molar-refractivity contribution is 5.92. The second kappa shape index (κ2) is 3.91. The monoisotopic (exact) mass is 182 g/mol. The molecule has 13 heavy (non-hydrogen) atoms. The zero-order valence-electron chi connectivity index (χ0n) is 7.40. The number of carbonyl (C=O) groups is 1. The molecular formula is C9H10O4. The van der Waals surface area contributed by atoms with Gasteiger partial charge < -0.3 is 5.11 Å². The van der Waals surface area contributed by atoms with Gasteiger partial charge in [-0.25, -0.2) is 4.79 Å². The van der Waals surface area contributed by atoms with Gasteiger partial charge in [0.2, 0.25) is 0 Å². The van der Waals surface area contributed by atoms with Gasteiger partial charge in [-0.05, 0) is 24.6 Å². The maximum atomic E-state index is 11.1. The van der Waals surface area contributed by atoms with E-state index < -0.39 is 5.97 Å². The Morgan fingerprint density at radius 2 is 2.15 bits per heavy atom. The van der Waals surface area contributed by atoms with Crippen LogP contribution < -0.4 is 0 Å². The molecule has 0 saturated carbocycles. The molecule has 0 amide bonds. The molecule has 4 nitrogen and oxygen atoms in total. The fraction of sp³-hybridized carbons (Fsp3) is 0.222. The maximum Gasteiger partial charge on any atom is 0.376 e. The standard InChI is InChI=1S/C9H10O4/c1-6-3-4-7(8(10)5-6)9(11)13-12-2/h3-5,10H,1-2H3. The number of hydrogen-bond donors (Lipinski definition) is 1. The third kappa shape index (κ3) is 2.19. The van der Waals surface area contributed by atoms with Crippen molar-refractivity contribution in [3.63, 3.8) is 0 Å². The number of phenolic OH excluding ortho intramolecular Hbond substituents is 1. The third-order valence-electron chi connectivity index (χ3n) is 1.53. The first kappa shape index (κ1) is 9.54. The summed E-state index contributed by atoms with van der Waals surface area (Å²) in [6.45, 7) is 1.81. The van der Waals surface area contributed by atoms with Crippen molar-refractivity contribution in [1.29, 1.82) is 0 Å². The lowest BCUT2D eigenvalue weighted by molar-refractivity contribution is -0.216. The number of rotatable bonds is 2. The van der Waals surface area contributed by atoms with Crippen molar-refractivity contribution < 1.29 is 19.7 Å². The quantitative estimate of drug-likeness (QED) is 0.555. The lowest BCUT2D eigenvalue weighted by Gasteiger charge is -2.02. The lowest BCUT2D eigenvalue weighted by atomic mass is 10.1. The second-order valence-corrected chi connectivity index (χ2v) is 2.56. The first-order chi connectivity index (χ1) is 6.15. The van der Waals surface area contributed by atoms with Crippen LogP contribution in [0.4, 0.5) is 0 Å². The molecule has 0 heterocycles. The van der Waals surface area contributed by atoms with Gasteiger partial charge in [0, 0.05) is 0 Å². The highest BCUT2D eigenvalue weighted by Crippen LogP contribution is 2.19. The van der Waals surface area contributed by atoms with Crippen molar-refractivity contribution >= 4 is 5.97 Å². The van der Waals surface area contributed by atoms with Crippen molar-refractivity contribution in [3.8, 4) is 5.75 Å². The molecule has 0 fully saturated rings. The molecule has 1 rings (SSSR count).